The van der Waals surface area contributed by atoms with Gasteiger partial charge in [-0.3, -0.25) is 0 Å². The first-order valence-electron chi connectivity index (χ1n) is 9.66. The maximum atomic E-state index is 2.32. The average molecular weight is 409 g/mol. The Morgan fingerprint density at radius 2 is 0.821 bits per heavy atom. The van der Waals surface area contributed by atoms with Crippen molar-refractivity contribution in [2.45, 2.75) is 41.5 Å². The Labute approximate surface area is 175 Å². The molecule has 0 radical (unpaired) electrons. The zero-order valence-corrected chi connectivity index (χ0v) is 19.7. The van der Waals surface area contributed by atoms with Crippen LogP contribution in [0.2, 0.25) is 0 Å². The molecule has 0 spiro atoms. The number of rotatable bonds is 2. The number of hydrogen-bond donors (Lipinski definition) is 0. The van der Waals surface area contributed by atoms with Crippen molar-refractivity contribution in [1.82, 2.24) is 0 Å². The van der Waals surface area contributed by atoms with Crippen molar-refractivity contribution >= 4 is 32.1 Å². The number of hydrogen-bond acceptors (Lipinski definition) is 2. The molecule has 0 N–H and O–H groups in total. The summed E-state index contributed by atoms with van der Waals surface area (Å²) in [5.74, 6) is 0. The molecule has 0 aliphatic carbocycles. The minimum atomic E-state index is 1.30. The highest BCUT2D eigenvalue weighted by Crippen LogP contribution is 2.47. The van der Waals surface area contributed by atoms with Gasteiger partial charge in [-0.05, 0) is 25.0 Å². The van der Waals surface area contributed by atoms with Crippen molar-refractivity contribution in [2.75, 3.05) is 0 Å². The van der Waals surface area contributed by atoms with Crippen LogP contribution in [-0.4, -0.2) is 0 Å². The van der Waals surface area contributed by atoms with Crippen LogP contribution in [0.15, 0.2) is 24.3 Å². The van der Waals surface area contributed by atoms with Crippen LogP contribution in [0, 0.1) is 41.5 Å². The molecule has 0 saturated carbocycles. The molecule has 4 aromatic rings. The van der Waals surface area contributed by atoms with Gasteiger partial charge in [0.05, 0.1) is 0 Å². The molecule has 4 heteroatoms. The van der Waals surface area contributed by atoms with E-state index in [1.54, 1.807) is 0 Å². The predicted molar refractivity (Wildman–Crippen MR) is 121 cm³/mol. The van der Waals surface area contributed by atoms with Gasteiger partial charge < -0.3 is 0 Å². The second kappa shape index (κ2) is 6.78. The molecule has 2 nitrogen and oxygen atoms in total. The molecule has 0 aliphatic rings. The van der Waals surface area contributed by atoms with Crippen LogP contribution >= 0.6 is 22.7 Å². The zero-order chi connectivity index (χ0) is 20.3. The summed E-state index contributed by atoms with van der Waals surface area (Å²) >= 11 is 3.90. The summed E-state index contributed by atoms with van der Waals surface area (Å²) in [6.07, 6.45) is 0. The fourth-order valence-corrected chi connectivity index (χ4v) is 6.66. The van der Waals surface area contributed by atoms with Crippen molar-refractivity contribution in [3.63, 3.8) is 0 Å². The quantitative estimate of drug-likeness (QED) is 0.371. The summed E-state index contributed by atoms with van der Waals surface area (Å²) in [5.41, 5.74) is 10.7. The number of fused-ring (bicyclic) bond motifs is 1. The van der Waals surface area contributed by atoms with E-state index >= 15 is 0 Å². The van der Waals surface area contributed by atoms with Gasteiger partial charge in [0.25, 0.3) is 0 Å². The van der Waals surface area contributed by atoms with Crippen molar-refractivity contribution in [3.05, 3.63) is 58.2 Å². The molecular formula is C24H28N2S2+2. The Morgan fingerprint density at radius 1 is 0.536 bits per heavy atom. The first-order valence-corrected chi connectivity index (χ1v) is 11.3. The molecule has 0 bridgehead atoms. The normalized spacial score (nSPS) is 11.6. The van der Waals surface area contributed by atoms with Crippen LogP contribution in [0.4, 0.5) is 0 Å². The molecule has 28 heavy (non-hydrogen) atoms. The van der Waals surface area contributed by atoms with E-state index in [2.05, 4.69) is 89.0 Å². The van der Waals surface area contributed by atoms with Gasteiger partial charge in [-0.15, -0.1) is 22.7 Å². The van der Waals surface area contributed by atoms with Gasteiger partial charge in [-0.25, -0.2) is 9.13 Å². The third-order valence-corrected chi connectivity index (χ3v) is 9.13. The van der Waals surface area contributed by atoms with Crippen LogP contribution in [0.1, 0.15) is 33.9 Å². The lowest BCUT2D eigenvalue weighted by molar-refractivity contribution is -0.683. The van der Waals surface area contributed by atoms with Gasteiger partial charge in [-0.1, -0.05) is 0 Å². The second-order valence-electron chi connectivity index (χ2n) is 7.94. The Hall–Kier alpha value is -2.04. The van der Waals surface area contributed by atoms with E-state index in [1.165, 1.54) is 64.2 Å². The van der Waals surface area contributed by atoms with Crippen LogP contribution in [0.25, 0.3) is 30.3 Å². The zero-order valence-electron chi connectivity index (χ0n) is 18.0. The fourth-order valence-electron chi connectivity index (χ4n) is 3.89. The number of thiophene rings is 2. The molecular weight excluding hydrogens is 380 g/mol. The molecule has 4 heterocycles. The lowest BCUT2D eigenvalue weighted by Gasteiger charge is -2.05. The number of aromatic nitrogens is 2. The SMILES string of the molecule is Cc1c(-c2cc(C)[n+](C)c(C)c2)sc2c(C)c(-c3cc(C)[n+](C)c(C)c3)sc12. The lowest BCUT2D eigenvalue weighted by Crippen LogP contribution is -2.35. The van der Waals surface area contributed by atoms with Crippen LogP contribution in [0.5, 0.6) is 0 Å². The maximum absolute atomic E-state index is 2.32. The minimum Gasteiger partial charge on any atom is -0.203 e. The fraction of sp³-hybridized carbons (Fsp3) is 0.333. The van der Waals surface area contributed by atoms with Crippen molar-refractivity contribution in [3.8, 4) is 20.9 Å². The van der Waals surface area contributed by atoms with Gasteiger partial charge in [0.15, 0.2) is 22.8 Å². The summed E-state index contributed by atoms with van der Waals surface area (Å²) in [6, 6.07) is 9.26. The number of aryl methyl sites for hydroxylation is 6. The molecule has 0 fully saturated rings. The van der Waals surface area contributed by atoms with E-state index < -0.39 is 0 Å². The smallest absolute Gasteiger partial charge is 0.178 e. The summed E-state index contributed by atoms with van der Waals surface area (Å²) in [5, 5.41) is 0. The molecule has 0 aliphatic heterocycles. The summed E-state index contributed by atoms with van der Waals surface area (Å²) in [7, 11) is 4.27. The third-order valence-electron chi connectivity index (χ3n) is 6.08. The van der Waals surface area contributed by atoms with Crippen molar-refractivity contribution in [2.24, 2.45) is 14.1 Å². The largest absolute Gasteiger partial charge is 0.203 e. The lowest BCUT2D eigenvalue weighted by atomic mass is 10.1. The van der Waals surface area contributed by atoms with Crippen LogP contribution in [-0.2, 0) is 14.1 Å². The van der Waals surface area contributed by atoms with Crippen molar-refractivity contribution < 1.29 is 9.13 Å². The summed E-state index contributed by atoms with van der Waals surface area (Å²) in [6.45, 7) is 13.3. The van der Waals surface area contributed by atoms with Gasteiger partial charge in [0.1, 0.15) is 14.1 Å². The summed E-state index contributed by atoms with van der Waals surface area (Å²) < 4.78 is 7.38. The van der Waals surface area contributed by atoms with Gasteiger partial charge in [0, 0.05) is 82.2 Å². The highest BCUT2D eigenvalue weighted by molar-refractivity contribution is 7.31. The molecule has 0 amide bonds. The van der Waals surface area contributed by atoms with Gasteiger partial charge >= 0.3 is 0 Å². The highest BCUT2D eigenvalue weighted by atomic mass is 32.1. The van der Waals surface area contributed by atoms with Gasteiger partial charge in [-0.2, -0.15) is 0 Å². The molecule has 0 unspecified atom stereocenters. The van der Waals surface area contributed by atoms with E-state index in [-0.39, 0.29) is 0 Å². The number of pyridine rings is 2. The van der Waals surface area contributed by atoms with E-state index in [9.17, 15) is 0 Å². The average Bonchev–Trinajstić information content (AvgIpc) is 3.14. The highest BCUT2D eigenvalue weighted by Gasteiger charge is 2.21. The topological polar surface area (TPSA) is 7.76 Å². The Kier molecular flexibility index (Phi) is 4.67. The monoisotopic (exact) mass is 408 g/mol. The Bertz CT molecular complexity index is 1100. The third kappa shape index (κ3) is 2.90. The van der Waals surface area contributed by atoms with Crippen LogP contribution in [0.3, 0.4) is 0 Å². The minimum absolute atomic E-state index is 1.30. The molecule has 0 saturated heterocycles. The molecule has 144 valence electrons. The van der Waals surface area contributed by atoms with Gasteiger partial charge in [0.2, 0.25) is 0 Å². The molecule has 0 atom stereocenters. The maximum Gasteiger partial charge on any atom is 0.178 e. The van der Waals surface area contributed by atoms with E-state index in [0.717, 1.165) is 0 Å². The van der Waals surface area contributed by atoms with E-state index in [0.29, 0.717) is 0 Å². The van der Waals surface area contributed by atoms with E-state index in [1.807, 2.05) is 22.7 Å². The first-order chi connectivity index (χ1) is 13.2. The molecule has 4 rings (SSSR count). The predicted octanol–water partition coefficient (Wildman–Crippen LogP) is 5.80. The second-order valence-corrected chi connectivity index (χ2v) is 9.98. The van der Waals surface area contributed by atoms with Crippen LogP contribution < -0.4 is 9.13 Å². The molecule has 4 aromatic heterocycles. The first kappa shape index (κ1) is 19.3. The van der Waals surface area contributed by atoms with Crippen molar-refractivity contribution in [1.29, 1.82) is 0 Å². The standard InChI is InChI=1S/C24H28N2S2/c1-13-9-19(10-14(2)25(13)7)21-17(5)23-24(27-21)18(6)22(28-23)20-11-15(3)26(8)16(4)12-20/h9-12H,1-8H3/q+2. The Morgan fingerprint density at radius 3 is 1.11 bits per heavy atom. The number of nitrogens with zero attached hydrogens (tertiary/aromatic N) is 2. The summed E-state index contributed by atoms with van der Waals surface area (Å²) in [4.78, 5) is 2.82. The molecule has 0 aromatic carbocycles. The van der Waals surface area contributed by atoms with E-state index in [4.69, 9.17) is 0 Å². The Balaban J connectivity index is 1.89.